The van der Waals surface area contributed by atoms with Gasteiger partial charge in [-0.15, -0.1) is 0 Å². The Kier molecular flexibility index (Phi) is 6.10. The Labute approximate surface area is 187 Å². The van der Waals surface area contributed by atoms with Gasteiger partial charge in [-0.3, -0.25) is 0 Å². The maximum atomic E-state index is 6.09. The van der Waals surface area contributed by atoms with Crippen molar-refractivity contribution in [3.05, 3.63) is 114 Å². The van der Waals surface area contributed by atoms with E-state index in [1.165, 1.54) is 31.9 Å². The number of hydrogen-bond acceptors (Lipinski definition) is 1. The molecule has 156 valence electrons. The lowest BCUT2D eigenvalue weighted by Crippen LogP contribution is -2.74. The average molecular weight is 422 g/mol. The summed E-state index contributed by atoms with van der Waals surface area (Å²) in [6.07, 6.45) is 1.10. The second-order valence-corrected chi connectivity index (χ2v) is 12.7. The van der Waals surface area contributed by atoms with Gasteiger partial charge in [-0.05, 0) is 57.7 Å². The van der Waals surface area contributed by atoms with E-state index in [1.807, 2.05) is 12.1 Å². The fraction of sp³-hybridized carbons (Fsp3) is 0.172. The fourth-order valence-electron chi connectivity index (χ4n) is 4.59. The van der Waals surface area contributed by atoms with Gasteiger partial charge < -0.3 is 5.73 Å². The van der Waals surface area contributed by atoms with Gasteiger partial charge in [0.1, 0.15) is 0 Å². The summed E-state index contributed by atoms with van der Waals surface area (Å²) in [6.45, 7) is 6.70. The predicted molar refractivity (Wildman–Crippen MR) is 138 cm³/mol. The van der Waals surface area contributed by atoms with E-state index >= 15 is 0 Å². The molecule has 0 spiro atoms. The minimum Gasteiger partial charge on any atom is -0.399 e. The minimum absolute atomic E-state index is 0.649. The summed E-state index contributed by atoms with van der Waals surface area (Å²) < 4.78 is 0. The van der Waals surface area contributed by atoms with E-state index in [1.54, 1.807) is 0 Å². The lowest BCUT2D eigenvalue weighted by molar-refractivity contribution is 0.647. The first-order chi connectivity index (χ1) is 15.0. The summed E-state index contributed by atoms with van der Waals surface area (Å²) in [7, 11) is -2.46. The van der Waals surface area contributed by atoms with Gasteiger partial charge in [-0.25, -0.2) is 0 Å². The van der Waals surface area contributed by atoms with Crippen molar-refractivity contribution in [2.75, 3.05) is 5.73 Å². The standard InChI is InChI=1S/C29H31NSi/c1-22(2)21-24-11-17-28(18-12-24)31(26-7-5-4-6-8-26,27-15-9-23(3)10-16-27)29-19-13-25(30)14-20-29/h4-20,22H,21,30H2,1-3H3. The summed E-state index contributed by atoms with van der Waals surface area (Å²) in [5.74, 6) is 0.649. The Balaban J connectivity index is 2.02. The molecule has 0 fully saturated rings. The van der Waals surface area contributed by atoms with Gasteiger partial charge in [0.2, 0.25) is 0 Å². The number of benzene rings is 4. The normalized spacial score (nSPS) is 13.2. The molecule has 2 heteroatoms. The zero-order valence-corrected chi connectivity index (χ0v) is 19.7. The van der Waals surface area contributed by atoms with Crippen molar-refractivity contribution in [2.24, 2.45) is 5.92 Å². The molecule has 0 aliphatic carbocycles. The quantitative estimate of drug-likeness (QED) is 0.282. The molecule has 0 radical (unpaired) electrons. The van der Waals surface area contributed by atoms with Crippen molar-refractivity contribution in [3.8, 4) is 0 Å². The van der Waals surface area contributed by atoms with Crippen molar-refractivity contribution < 1.29 is 0 Å². The van der Waals surface area contributed by atoms with Crippen LogP contribution in [-0.4, -0.2) is 8.07 Å². The van der Waals surface area contributed by atoms with Gasteiger partial charge in [-0.2, -0.15) is 0 Å². The third kappa shape index (κ3) is 4.21. The van der Waals surface area contributed by atoms with Gasteiger partial charge in [0.15, 0.2) is 8.07 Å². The van der Waals surface area contributed by atoms with Crippen LogP contribution in [0.2, 0.25) is 0 Å². The number of nitrogen functional groups attached to an aromatic ring is 1. The molecule has 0 aliphatic rings. The molecule has 0 bridgehead atoms. The molecule has 4 rings (SSSR count). The molecule has 0 heterocycles. The molecule has 0 saturated carbocycles. The molecule has 0 amide bonds. The smallest absolute Gasteiger partial charge is 0.179 e. The van der Waals surface area contributed by atoms with Crippen LogP contribution in [0.1, 0.15) is 25.0 Å². The Bertz CT molecular complexity index is 1070. The van der Waals surface area contributed by atoms with Crippen LogP contribution in [-0.2, 0) is 6.42 Å². The van der Waals surface area contributed by atoms with Crippen molar-refractivity contribution in [2.45, 2.75) is 27.2 Å². The molecular formula is C29H31NSi. The fourth-order valence-corrected chi connectivity index (χ4v) is 9.28. The zero-order valence-electron chi connectivity index (χ0n) is 18.7. The number of aryl methyl sites for hydroxylation is 1. The second-order valence-electron chi connectivity index (χ2n) is 8.90. The molecule has 4 aromatic carbocycles. The summed E-state index contributed by atoms with van der Waals surface area (Å²) >= 11 is 0. The number of rotatable bonds is 6. The molecule has 0 saturated heterocycles. The summed E-state index contributed by atoms with van der Waals surface area (Å²) in [6, 6.07) is 38.1. The first-order valence-corrected chi connectivity index (χ1v) is 13.1. The Hall–Kier alpha value is -3.10. The average Bonchev–Trinajstić information content (AvgIpc) is 2.78. The maximum absolute atomic E-state index is 6.09. The van der Waals surface area contributed by atoms with E-state index < -0.39 is 8.07 Å². The highest BCUT2D eigenvalue weighted by atomic mass is 28.3. The van der Waals surface area contributed by atoms with E-state index in [2.05, 4.69) is 112 Å². The molecule has 0 aliphatic heterocycles. The lowest BCUT2D eigenvalue weighted by Gasteiger charge is -2.34. The first-order valence-electron chi connectivity index (χ1n) is 11.1. The number of nitrogens with two attached hydrogens (primary N) is 1. The predicted octanol–water partition coefficient (Wildman–Crippen LogP) is 4.15. The van der Waals surface area contributed by atoms with E-state index in [4.69, 9.17) is 5.73 Å². The van der Waals surface area contributed by atoms with Gasteiger partial charge in [0.05, 0.1) is 0 Å². The van der Waals surface area contributed by atoms with Crippen LogP contribution in [0, 0.1) is 12.8 Å². The maximum Gasteiger partial charge on any atom is 0.179 e. The lowest BCUT2D eigenvalue weighted by atomic mass is 10.0. The highest BCUT2D eigenvalue weighted by molar-refractivity contribution is 7.19. The van der Waals surface area contributed by atoms with Gasteiger partial charge in [0, 0.05) is 5.69 Å². The molecule has 0 aromatic heterocycles. The number of hydrogen-bond donors (Lipinski definition) is 1. The first kappa shape index (κ1) is 21.1. The van der Waals surface area contributed by atoms with Crippen molar-refractivity contribution in [3.63, 3.8) is 0 Å². The molecule has 1 nitrogen and oxygen atoms in total. The minimum atomic E-state index is -2.46. The Morgan fingerprint density at radius 3 is 1.58 bits per heavy atom. The highest BCUT2D eigenvalue weighted by Gasteiger charge is 2.41. The molecule has 2 N–H and O–H groups in total. The van der Waals surface area contributed by atoms with Gasteiger partial charge >= 0.3 is 0 Å². The Morgan fingerprint density at radius 1 is 0.613 bits per heavy atom. The SMILES string of the molecule is Cc1ccc([Si](c2ccccc2)(c2ccc(N)cc2)c2ccc(CC(C)C)cc2)cc1. The molecule has 4 aromatic rings. The monoisotopic (exact) mass is 421 g/mol. The molecule has 1 atom stereocenters. The summed E-state index contributed by atoms with van der Waals surface area (Å²) in [4.78, 5) is 0. The third-order valence-corrected chi connectivity index (χ3v) is 10.9. The van der Waals surface area contributed by atoms with Gasteiger partial charge in [0.25, 0.3) is 0 Å². The van der Waals surface area contributed by atoms with Crippen molar-refractivity contribution >= 4 is 34.5 Å². The van der Waals surface area contributed by atoms with Crippen LogP contribution in [0.3, 0.4) is 0 Å². The topological polar surface area (TPSA) is 26.0 Å². The van der Waals surface area contributed by atoms with Crippen LogP contribution < -0.4 is 26.5 Å². The molecule has 1 unspecified atom stereocenters. The van der Waals surface area contributed by atoms with E-state index in [-0.39, 0.29) is 0 Å². The van der Waals surface area contributed by atoms with Crippen LogP contribution in [0.5, 0.6) is 0 Å². The van der Waals surface area contributed by atoms with Crippen molar-refractivity contribution in [1.29, 1.82) is 0 Å². The van der Waals surface area contributed by atoms with E-state index in [0.29, 0.717) is 5.92 Å². The summed E-state index contributed by atoms with van der Waals surface area (Å²) in [5.41, 5.74) is 9.57. The third-order valence-electron chi connectivity index (χ3n) is 6.07. The molecule has 31 heavy (non-hydrogen) atoms. The second kappa shape index (κ2) is 8.95. The van der Waals surface area contributed by atoms with Crippen LogP contribution in [0.25, 0.3) is 0 Å². The summed E-state index contributed by atoms with van der Waals surface area (Å²) in [5, 5.41) is 5.54. The van der Waals surface area contributed by atoms with E-state index in [0.717, 1.165) is 12.1 Å². The molecular weight excluding hydrogens is 390 g/mol. The van der Waals surface area contributed by atoms with E-state index in [9.17, 15) is 0 Å². The highest BCUT2D eigenvalue weighted by Crippen LogP contribution is 2.13. The van der Waals surface area contributed by atoms with Gasteiger partial charge in [-0.1, -0.05) is 110 Å². The Morgan fingerprint density at radius 2 is 1.06 bits per heavy atom. The zero-order chi connectivity index (χ0) is 21.8. The van der Waals surface area contributed by atoms with Crippen LogP contribution >= 0.6 is 0 Å². The number of anilines is 1. The van der Waals surface area contributed by atoms with Crippen LogP contribution in [0.4, 0.5) is 5.69 Å². The van der Waals surface area contributed by atoms with Crippen molar-refractivity contribution in [1.82, 2.24) is 0 Å². The van der Waals surface area contributed by atoms with Crippen LogP contribution in [0.15, 0.2) is 103 Å². The largest absolute Gasteiger partial charge is 0.399 e.